The second kappa shape index (κ2) is 7.09. The van der Waals surface area contributed by atoms with Gasteiger partial charge in [0, 0.05) is 25.2 Å². The second-order valence-electron chi connectivity index (χ2n) is 6.04. The van der Waals surface area contributed by atoms with Gasteiger partial charge >= 0.3 is 0 Å². The fourth-order valence-corrected chi connectivity index (χ4v) is 2.79. The van der Waals surface area contributed by atoms with E-state index in [0.717, 1.165) is 18.8 Å². The lowest BCUT2D eigenvalue weighted by atomic mass is 9.87. The Labute approximate surface area is 123 Å². The van der Waals surface area contributed by atoms with Gasteiger partial charge in [-0.25, -0.2) is 0 Å². The fraction of sp³-hybridized carbons (Fsp3) is 0.647. The van der Waals surface area contributed by atoms with E-state index >= 15 is 0 Å². The Hall–Kier alpha value is -1.06. The number of likely N-dealkylation sites (N-methyl/N-ethyl adjacent to an activating group) is 1. The first-order chi connectivity index (χ1) is 9.61. The molecule has 0 fully saturated rings. The van der Waals surface area contributed by atoms with Crippen LogP contribution in [0.3, 0.4) is 0 Å². The Balaban J connectivity index is 1.97. The number of rotatable bonds is 6. The van der Waals surface area contributed by atoms with E-state index in [4.69, 9.17) is 4.74 Å². The van der Waals surface area contributed by atoms with Gasteiger partial charge < -0.3 is 15.0 Å². The van der Waals surface area contributed by atoms with Crippen molar-refractivity contribution in [3.8, 4) is 5.75 Å². The maximum Gasteiger partial charge on any atom is 0.119 e. The summed E-state index contributed by atoms with van der Waals surface area (Å²) in [4.78, 5) is 2.38. The predicted molar refractivity (Wildman–Crippen MR) is 84.4 cm³/mol. The smallest absolute Gasteiger partial charge is 0.119 e. The van der Waals surface area contributed by atoms with Gasteiger partial charge in [0.25, 0.3) is 0 Å². The number of methoxy groups -OCH3 is 1. The van der Waals surface area contributed by atoms with E-state index in [1.807, 2.05) is 0 Å². The van der Waals surface area contributed by atoms with E-state index in [1.165, 1.54) is 30.4 Å². The number of nitrogens with zero attached hydrogens (tertiary/aromatic N) is 1. The van der Waals surface area contributed by atoms with Crippen molar-refractivity contribution in [2.75, 3.05) is 27.2 Å². The quantitative estimate of drug-likeness (QED) is 0.864. The third kappa shape index (κ3) is 3.74. The SMILES string of the molecule is COc1ccc2c(c1)C(NCCN(C)C(C)C)CCC2. The third-order valence-corrected chi connectivity index (χ3v) is 4.40. The molecule has 0 heterocycles. The molecule has 0 amide bonds. The lowest BCUT2D eigenvalue weighted by Crippen LogP contribution is -2.36. The molecule has 0 aliphatic heterocycles. The van der Waals surface area contributed by atoms with Crippen molar-refractivity contribution in [2.45, 2.75) is 45.2 Å². The summed E-state index contributed by atoms with van der Waals surface area (Å²) in [6.07, 6.45) is 3.70. The number of hydrogen-bond acceptors (Lipinski definition) is 3. The van der Waals surface area contributed by atoms with Crippen LogP contribution in [0.2, 0.25) is 0 Å². The van der Waals surface area contributed by atoms with Gasteiger partial charge in [-0.2, -0.15) is 0 Å². The Morgan fingerprint density at radius 3 is 2.90 bits per heavy atom. The maximum absolute atomic E-state index is 5.37. The zero-order chi connectivity index (χ0) is 14.5. The summed E-state index contributed by atoms with van der Waals surface area (Å²) in [6.45, 7) is 6.60. The number of ether oxygens (including phenoxy) is 1. The summed E-state index contributed by atoms with van der Waals surface area (Å²) in [5.41, 5.74) is 2.91. The van der Waals surface area contributed by atoms with Crippen LogP contribution in [-0.2, 0) is 6.42 Å². The summed E-state index contributed by atoms with van der Waals surface area (Å²) < 4.78 is 5.37. The van der Waals surface area contributed by atoms with E-state index in [9.17, 15) is 0 Å². The highest BCUT2D eigenvalue weighted by molar-refractivity contribution is 5.39. The summed E-state index contributed by atoms with van der Waals surface area (Å²) in [5.74, 6) is 0.969. The van der Waals surface area contributed by atoms with Crippen LogP contribution in [0.5, 0.6) is 5.75 Å². The molecule has 1 aliphatic rings. The fourth-order valence-electron chi connectivity index (χ4n) is 2.79. The van der Waals surface area contributed by atoms with Crippen LogP contribution in [-0.4, -0.2) is 38.2 Å². The molecular weight excluding hydrogens is 248 g/mol. The van der Waals surface area contributed by atoms with Crippen LogP contribution >= 0.6 is 0 Å². The van der Waals surface area contributed by atoms with E-state index < -0.39 is 0 Å². The van der Waals surface area contributed by atoms with E-state index in [-0.39, 0.29) is 0 Å². The van der Waals surface area contributed by atoms with Crippen molar-refractivity contribution in [2.24, 2.45) is 0 Å². The van der Waals surface area contributed by atoms with Crippen LogP contribution in [0.4, 0.5) is 0 Å². The lowest BCUT2D eigenvalue weighted by Gasteiger charge is -2.28. The van der Waals surface area contributed by atoms with Gasteiger partial charge in [-0.1, -0.05) is 6.07 Å². The first-order valence-corrected chi connectivity index (χ1v) is 7.72. The molecule has 3 heteroatoms. The average Bonchev–Trinajstić information content (AvgIpc) is 2.46. The molecule has 0 radical (unpaired) electrons. The van der Waals surface area contributed by atoms with Crippen molar-refractivity contribution < 1.29 is 4.74 Å². The lowest BCUT2D eigenvalue weighted by molar-refractivity contribution is 0.266. The standard InChI is InChI=1S/C17H28N2O/c1-13(2)19(3)11-10-18-17-7-5-6-14-8-9-15(20-4)12-16(14)17/h8-9,12-13,17-18H,5-7,10-11H2,1-4H3. The highest BCUT2D eigenvalue weighted by Crippen LogP contribution is 2.32. The summed E-state index contributed by atoms with van der Waals surface area (Å²) >= 11 is 0. The summed E-state index contributed by atoms with van der Waals surface area (Å²) in [5, 5.41) is 3.72. The Bertz CT molecular complexity index is 431. The molecule has 0 spiro atoms. The minimum atomic E-state index is 0.481. The van der Waals surface area contributed by atoms with Crippen molar-refractivity contribution in [3.05, 3.63) is 29.3 Å². The van der Waals surface area contributed by atoms with Gasteiger partial charge in [0.1, 0.15) is 5.75 Å². The first kappa shape index (κ1) is 15.3. The first-order valence-electron chi connectivity index (χ1n) is 7.72. The Morgan fingerprint density at radius 1 is 1.40 bits per heavy atom. The Kier molecular flexibility index (Phi) is 5.44. The third-order valence-electron chi connectivity index (χ3n) is 4.40. The van der Waals surface area contributed by atoms with Crippen LogP contribution < -0.4 is 10.1 Å². The number of benzene rings is 1. The van der Waals surface area contributed by atoms with Crippen LogP contribution in [0, 0.1) is 0 Å². The minimum Gasteiger partial charge on any atom is -0.497 e. The van der Waals surface area contributed by atoms with Gasteiger partial charge in [-0.05, 0) is 63.4 Å². The number of hydrogen-bond donors (Lipinski definition) is 1. The molecule has 112 valence electrons. The Morgan fingerprint density at radius 2 is 2.20 bits per heavy atom. The highest BCUT2D eigenvalue weighted by atomic mass is 16.5. The molecule has 1 aromatic rings. The van der Waals surface area contributed by atoms with Crippen LogP contribution in [0.25, 0.3) is 0 Å². The molecule has 1 aromatic carbocycles. The normalized spacial score (nSPS) is 18.4. The minimum absolute atomic E-state index is 0.481. The number of aryl methyl sites for hydroxylation is 1. The molecule has 1 N–H and O–H groups in total. The van der Waals surface area contributed by atoms with Gasteiger partial charge in [0.2, 0.25) is 0 Å². The average molecular weight is 276 g/mol. The van der Waals surface area contributed by atoms with E-state index in [1.54, 1.807) is 7.11 Å². The van der Waals surface area contributed by atoms with Crippen molar-refractivity contribution in [1.82, 2.24) is 10.2 Å². The molecule has 20 heavy (non-hydrogen) atoms. The van der Waals surface area contributed by atoms with Crippen molar-refractivity contribution in [3.63, 3.8) is 0 Å². The molecule has 3 nitrogen and oxygen atoms in total. The predicted octanol–water partition coefficient (Wildman–Crippen LogP) is 3.00. The highest BCUT2D eigenvalue weighted by Gasteiger charge is 2.20. The molecule has 0 aromatic heterocycles. The zero-order valence-electron chi connectivity index (χ0n) is 13.3. The number of nitrogens with one attached hydrogen (secondary N) is 1. The molecule has 0 saturated heterocycles. The molecule has 2 rings (SSSR count). The van der Waals surface area contributed by atoms with E-state index in [0.29, 0.717) is 12.1 Å². The van der Waals surface area contributed by atoms with Crippen molar-refractivity contribution >= 4 is 0 Å². The summed E-state index contributed by atoms with van der Waals surface area (Å²) in [6, 6.07) is 7.60. The van der Waals surface area contributed by atoms with Crippen molar-refractivity contribution in [1.29, 1.82) is 0 Å². The summed E-state index contributed by atoms with van der Waals surface area (Å²) in [7, 11) is 3.93. The molecule has 0 saturated carbocycles. The molecule has 1 unspecified atom stereocenters. The zero-order valence-corrected chi connectivity index (χ0v) is 13.3. The largest absolute Gasteiger partial charge is 0.497 e. The monoisotopic (exact) mass is 276 g/mol. The van der Waals surface area contributed by atoms with Crippen LogP contribution in [0.1, 0.15) is 43.9 Å². The van der Waals surface area contributed by atoms with Gasteiger partial charge in [0.05, 0.1) is 7.11 Å². The topological polar surface area (TPSA) is 24.5 Å². The number of fused-ring (bicyclic) bond motifs is 1. The molecule has 1 aliphatic carbocycles. The van der Waals surface area contributed by atoms with E-state index in [2.05, 4.69) is 49.3 Å². The van der Waals surface area contributed by atoms with Gasteiger partial charge in [-0.15, -0.1) is 0 Å². The van der Waals surface area contributed by atoms with Crippen LogP contribution in [0.15, 0.2) is 18.2 Å². The maximum atomic E-state index is 5.37. The van der Waals surface area contributed by atoms with Gasteiger partial charge in [0.15, 0.2) is 0 Å². The molecular formula is C17H28N2O. The molecule has 0 bridgehead atoms. The van der Waals surface area contributed by atoms with Gasteiger partial charge in [-0.3, -0.25) is 0 Å². The molecule has 1 atom stereocenters. The second-order valence-corrected chi connectivity index (χ2v) is 6.04.